The van der Waals surface area contributed by atoms with Crippen molar-refractivity contribution in [2.24, 2.45) is 0 Å². The van der Waals surface area contributed by atoms with E-state index < -0.39 is 26.0 Å². The molecule has 9 heteroatoms. The summed E-state index contributed by atoms with van der Waals surface area (Å²) in [6.07, 6.45) is -0.0299. The number of aliphatic hydroxyl groups excluding tert-OH is 1. The van der Waals surface area contributed by atoms with Crippen LogP contribution in [0.15, 0.2) is 0 Å². The molecule has 0 radical (unpaired) electrons. The van der Waals surface area contributed by atoms with Crippen LogP contribution in [0.1, 0.15) is 12.8 Å². The fourth-order valence-corrected chi connectivity index (χ4v) is 2.18. The lowest BCUT2D eigenvalue weighted by Gasteiger charge is -2.03. The van der Waals surface area contributed by atoms with Gasteiger partial charge in [0.2, 0.25) is 0 Å². The third kappa shape index (κ3) is 10.1. The molecule has 2 N–H and O–H groups in total. The average Bonchev–Trinajstić information content (AvgIpc) is 2.08. The van der Waals surface area contributed by atoms with Gasteiger partial charge in [-0.2, -0.15) is 16.8 Å². The first-order chi connectivity index (χ1) is 6.77. The normalized spacial score (nSPS) is 12.9. The van der Waals surface area contributed by atoms with Gasteiger partial charge in [0.15, 0.2) is 0 Å². The number of rotatable bonds is 8. The molecule has 0 unspecified atom stereocenters. The summed E-state index contributed by atoms with van der Waals surface area (Å²) in [5, 5.41) is 8.38. The molecular weight excluding hydrogens is 248 g/mol. The molecule has 0 aromatic heterocycles. The topological polar surface area (TPSA) is 118 Å². The van der Waals surface area contributed by atoms with E-state index in [1.165, 1.54) is 0 Å². The Labute approximate surface area is 88.9 Å². The van der Waals surface area contributed by atoms with E-state index >= 15 is 0 Å². The van der Waals surface area contributed by atoms with Crippen LogP contribution in [0.3, 0.4) is 0 Å². The molecule has 0 aliphatic heterocycles. The van der Waals surface area contributed by atoms with Crippen molar-refractivity contribution in [2.45, 2.75) is 12.8 Å². The molecule has 92 valence electrons. The lowest BCUT2D eigenvalue weighted by atomic mass is 10.5. The second kappa shape index (κ2) is 6.38. The standard InChI is InChI=1S/C6H14O7S2/c7-3-1-6-15(11,12)13-4-2-5-14(8,9)10/h7H,1-6H2,(H,8,9,10). The van der Waals surface area contributed by atoms with E-state index in [-0.39, 0.29) is 31.8 Å². The average molecular weight is 262 g/mol. The minimum atomic E-state index is -4.07. The molecule has 0 aliphatic rings. The predicted octanol–water partition coefficient (Wildman–Crippen LogP) is -1.01. The zero-order valence-electron chi connectivity index (χ0n) is 7.99. The highest BCUT2D eigenvalue weighted by Gasteiger charge is 2.11. The molecule has 0 saturated carbocycles. The van der Waals surface area contributed by atoms with Crippen LogP contribution in [0.2, 0.25) is 0 Å². The van der Waals surface area contributed by atoms with Gasteiger partial charge in [0.1, 0.15) is 0 Å². The lowest BCUT2D eigenvalue weighted by Crippen LogP contribution is -2.14. The Bertz CT molecular complexity index is 355. The monoisotopic (exact) mass is 262 g/mol. The summed E-state index contributed by atoms with van der Waals surface area (Å²) < 4.78 is 55.2. The van der Waals surface area contributed by atoms with Crippen LogP contribution in [0.25, 0.3) is 0 Å². The van der Waals surface area contributed by atoms with E-state index in [1.807, 2.05) is 0 Å². The molecule has 0 aliphatic carbocycles. The summed E-state index contributed by atoms with van der Waals surface area (Å²) >= 11 is 0. The molecular formula is C6H14O7S2. The Balaban J connectivity index is 3.76. The fourth-order valence-electron chi connectivity index (χ4n) is 0.727. The van der Waals surface area contributed by atoms with Gasteiger partial charge in [-0.1, -0.05) is 0 Å². The number of hydrogen-bond donors (Lipinski definition) is 2. The van der Waals surface area contributed by atoms with Crippen molar-refractivity contribution in [3.8, 4) is 0 Å². The Hall–Kier alpha value is -0.220. The van der Waals surface area contributed by atoms with Gasteiger partial charge < -0.3 is 5.11 Å². The first-order valence-corrected chi connectivity index (χ1v) is 7.38. The zero-order valence-corrected chi connectivity index (χ0v) is 9.63. The fraction of sp³-hybridized carbons (Fsp3) is 1.00. The van der Waals surface area contributed by atoms with Crippen LogP contribution >= 0.6 is 0 Å². The van der Waals surface area contributed by atoms with Gasteiger partial charge in [-0.3, -0.25) is 8.74 Å². The number of hydrogen-bond acceptors (Lipinski definition) is 6. The third-order valence-electron chi connectivity index (χ3n) is 1.36. The Kier molecular flexibility index (Phi) is 6.29. The SMILES string of the molecule is O=S(=O)(O)CCCOS(=O)(=O)CCCO. The minimum absolute atomic E-state index is 0.0701. The van der Waals surface area contributed by atoms with Crippen LogP contribution in [0.5, 0.6) is 0 Å². The maximum Gasteiger partial charge on any atom is 0.267 e. The largest absolute Gasteiger partial charge is 0.396 e. The van der Waals surface area contributed by atoms with Gasteiger partial charge in [0.05, 0.1) is 18.1 Å². The van der Waals surface area contributed by atoms with Gasteiger partial charge >= 0.3 is 0 Å². The maximum atomic E-state index is 11.0. The van der Waals surface area contributed by atoms with Crippen molar-refractivity contribution < 1.29 is 30.7 Å². The maximum absolute atomic E-state index is 11.0. The van der Waals surface area contributed by atoms with Crippen LogP contribution in [-0.2, 0) is 24.4 Å². The van der Waals surface area contributed by atoms with Crippen LogP contribution < -0.4 is 0 Å². The molecule has 0 fully saturated rings. The molecule has 0 aromatic rings. The van der Waals surface area contributed by atoms with Gasteiger partial charge in [-0.25, -0.2) is 0 Å². The molecule has 0 atom stereocenters. The third-order valence-corrected chi connectivity index (χ3v) is 3.48. The quantitative estimate of drug-likeness (QED) is 0.327. The second-order valence-electron chi connectivity index (χ2n) is 2.80. The van der Waals surface area contributed by atoms with Crippen molar-refractivity contribution in [3.05, 3.63) is 0 Å². The van der Waals surface area contributed by atoms with E-state index in [4.69, 9.17) is 9.66 Å². The van der Waals surface area contributed by atoms with E-state index in [1.54, 1.807) is 0 Å². The summed E-state index contributed by atoms with van der Waals surface area (Å²) in [6, 6.07) is 0. The Morgan fingerprint density at radius 2 is 1.60 bits per heavy atom. The second-order valence-corrected chi connectivity index (χ2v) is 6.13. The van der Waals surface area contributed by atoms with E-state index in [2.05, 4.69) is 4.18 Å². The molecule has 0 spiro atoms. The molecule has 0 amide bonds. The highest BCUT2D eigenvalue weighted by Crippen LogP contribution is 1.98. The lowest BCUT2D eigenvalue weighted by molar-refractivity contribution is 0.286. The van der Waals surface area contributed by atoms with Crippen LogP contribution in [-0.4, -0.2) is 51.2 Å². The van der Waals surface area contributed by atoms with Crippen LogP contribution in [0.4, 0.5) is 0 Å². The van der Waals surface area contributed by atoms with E-state index in [0.29, 0.717) is 0 Å². The predicted molar refractivity (Wildman–Crippen MR) is 52.5 cm³/mol. The number of aliphatic hydroxyl groups is 1. The molecule has 0 saturated heterocycles. The van der Waals surface area contributed by atoms with Crippen molar-refractivity contribution in [3.63, 3.8) is 0 Å². The highest BCUT2D eigenvalue weighted by atomic mass is 32.2. The van der Waals surface area contributed by atoms with Gasteiger partial charge in [-0.15, -0.1) is 0 Å². The first-order valence-electron chi connectivity index (χ1n) is 4.20. The molecule has 7 nitrogen and oxygen atoms in total. The van der Waals surface area contributed by atoms with Crippen molar-refractivity contribution in [1.29, 1.82) is 0 Å². The molecule has 15 heavy (non-hydrogen) atoms. The van der Waals surface area contributed by atoms with Crippen LogP contribution in [0, 0.1) is 0 Å². The molecule has 0 heterocycles. The molecule has 0 rings (SSSR count). The first kappa shape index (κ1) is 14.8. The zero-order chi connectivity index (χ0) is 11.9. The van der Waals surface area contributed by atoms with Gasteiger partial charge in [-0.05, 0) is 12.8 Å². The summed E-state index contributed by atoms with van der Waals surface area (Å²) in [5.41, 5.74) is 0. The van der Waals surface area contributed by atoms with Crippen molar-refractivity contribution >= 4 is 20.2 Å². The highest BCUT2D eigenvalue weighted by molar-refractivity contribution is 7.86. The van der Waals surface area contributed by atoms with E-state index in [9.17, 15) is 16.8 Å². The van der Waals surface area contributed by atoms with Crippen molar-refractivity contribution in [1.82, 2.24) is 0 Å². The Morgan fingerprint density at radius 1 is 1.00 bits per heavy atom. The van der Waals surface area contributed by atoms with Crippen molar-refractivity contribution in [2.75, 3.05) is 24.7 Å². The summed E-state index contributed by atoms with van der Waals surface area (Å²) in [5.74, 6) is -0.849. The smallest absolute Gasteiger partial charge is 0.267 e. The van der Waals surface area contributed by atoms with Gasteiger partial charge in [0, 0.05) is 6.61 Å². The molecule has 0 bridgehead atoms. The van der Waals surface area contributed by atoms with E-state index in [0.717, 1.165) is 0 Å². The summed E-state index contributed by atoms with van der Waals surface area (Å²) in [4.78, 5) is 0. The summed E-state index contributed by atoms with van der Waals surface area (Å²) in [7, 11) is -7.77. The minimum Gasteiger partial charge on any atom is -0.396 e. The Morgan fingerprint density at radius 3 is 2.07 bits per heavy atom. The molecule has 0 aromatic carbocycles. The van der Waals surface area contributed by atoms with Gasteiger partial charge in [0.25, 0.3) is 20.2 Å². The summed E-state index contributed by atoms with van der Waals surface area (Å²) in [6.45, 7) is -0.554.